The van der Waals surface area contributed by atoms with Crippen LogP contribution in [0.3, 0.4) is 0 Å². The molecule has 2 N–H and O–H groups in total. The highest BCUT2D eigenvalue weighted by Crippen LogP contribution is 2.32. The Balaban J connectivity index is 0.00000129. The summed E-state index contributed by atoms with van der Waals surface area (Å²) in [4.78, 5) is 44.7. The minimum atomic E-state index is -0.649. The Hall–Kier alpha value is -3.64. The van der Waals surface area contributed by atoms with Crippen molar-refractivity contribution in [2.75, 3.05) is 50.8 Å². The number of thiophene rings is 1. The van der Waals surface area contributed by atoms with E-state index < -0.39 is 5.91 Å². The van der Waals surface area contributed by atoms with Crippen molar-refractivity contribution in [3.63, 3.8) is 0 Å². The zero-order valence-corrected chi connectivity index (χ0v) is 25.9. The van der Waals surface area contributed by atoms with Crippen LogP contribution in [0.25, 0.3) is 10.2 Å². The van der Waals surface area contributed by atoms with Crippen molar-refractivity contribution in [1.82, 2.24) is 20.0 Å². The third-order valence-corrected chi connectivity index (χ3v) is 6.53. The number of hydroxylamine groups is 1. The van der Waals surface area contributed by atoms with Crippen LogP contribution in [0.5, 0.6) is 0 Å². The van der Waals surface area contributed by atoms with Crippen molar-refractivity contribution in [2.24, 2.45) is 16.1 Å². The Kier molecular flexibility index (Phi) is 17.5. The summed E-state index contributed by atoms with van der Waals surface area (Å²) in [5.41, 5.74) is 5.46. The highest BCUT2D eigenvalue weighted by Gasteiger charge is 2.25. The third-order valence-electron chi connectivity index (χ3n) is 5.36. The summed E-state index contributed by atoms with van der Waals surface area (Å²) in [5.74, 6) is 0.147. The fourth-order valence-corrected chi connectivity index (χ4v) is 4.55. The van der Waals surface area contributed by atoms with Gasteiger partial charge in [0, 0.05) is 37.5 Å². The van der Waals surface area contributed by atoms with E-state index in [1.165, 1.54) is 16.5 Å². The largest absolute Gasteiger partial charge is 0.363 e. The first kappa shape index (κ1) is 35.4. The summed E-state index contributed by atoms with van der Waals surface area (Å²) in [6.45, 7) is 22.3. The van der Waals surface area contributed by atoms with Crippen LogP contribution in [0.15, 0.2) is 54.4 Å². The van der Waals surface area contributed by atoms with Crippen LogP contribution in [0.4, 0.5) is 5.82 Å². The van der Waals surface area contributed by atoms with E-state index >= 15 is 0 Å². The topological polar surface area (TPSA) is 130 Å². The number of carbonyl (C=O) groups excluding carboxylic acids is 2. The van der Waals surface area contributed by atoms with Crippen molar-refractivity contribution in [1.29, 1.82) is 0 Å². The van der Waals surface area contributed by atoms with E-state index in [2.05, 4.69) is 71.8 Å². The Morgan fingerprint density at radius 3 is 2.37 bits per heavy atom. The van der Waals surface area contributed by atoms with Gasteiger partial charge in [0.1, 0.15) is 10.6 Å². The van der Waals surface area contributed by atoms with Gasteiger partial charge < -0.3 is 15.5 Å². The molecular weight excluding hydrogens is 540 g/mol. The number of aromatic nitrogens is 2. The van der Waals surface area contributed by atoms with Crippen molar-refractivity contribution in [3.05, 3.63) is 54.7 Å². The molecule has 0 bridgehead atoms. The minimum Gasteiger partial charge on any atom is -0.363 e. The number of hydrogen-bond acceptors (Lipinski definition) is 9. The lowest BCUT2D eigenvalue weighted by molar-refractivity contribution is -0.160. The predicted octanol–water partition coefficient (Wildman–Crippen LogP) is 5.36. The van der Waals surface area contributed by atoms with E-state index in [9.17, 15) is 9.59 Å². The Labute approximate surface area is 248 Å². The number of allylic oxidation sites excluding steroid dienone is 1. The van der Waals surface area contributed by atoms with Gasteiger partial charge in [-0.1, -0.05) is 45.4 Å². The lowest BCUT2D eigenvalue weighted by Gasteiger charge is -2.35. The number of piperazine rings is 1. The molecule has 1 fully saturated rings. The van der Waals surface area contributed by atoms with Crippen LogP contribution >= 0.6 is 11.3 Å². The van der Waals surface area contributed by atoms with Gasteiger partial charge in [-0.2, -0.15) is 10.3 Å². The average Bonchev–Trinajstić information content (AvgIpc) is 3.39. The zero-order valence-electron chi connectivity index (χ0n) is 25.0. The van der Waals surface area contributed by atoms with E-state index in [0.29, 0.717) is 64.5 Å². The number of nitrogens with zero attached hydrogens (tertiary/aromatic N) is 7. The number of hydrogen-bond donors (Lipinski definition) is 1. The average molecular weight is 587 g/mol. The lowest BCUT2D eigenvalue weighted by Crippen LogP contribution is -2.49. The Bertz CT molecular complexity index is 1140. The van der Waals surface area contributed by atoms with Gasteiger partial charge in [0.2, 0.25) is 11.7 Å². The summed E-state index contributed by atoms with van der Waals surface area (Å²) in [6.07, 6.45) is 8.11. The molecule has 226 valence electrons. The van der Waals surface area contributed by atoms with Gasteiger partial charge in [0.05, 0.1) is 25.1 Å². The van der Waals surface area contributed by atoms with Crippen LogP contribution in [0.2, 0.25) is 0 Å². The van der Waals surface area contributed by atoms with E-state index in [1.807, 2.05) is 11.8 Å². The van der Waals surface area contributed by atoms with Crippen molar-refractivity contribution < 1.29 is 14.4 Å². The summed E-state index contributed by atoms with van der Waals surface area (Å²) >= 11 is 1.55. The van der Waals surface area contributed by atoms with Crippen molar-refractivity contribution >= 4 is 39.2 Å². The molecule has 2 aromatic rings. The number of anilines is 1. The van der Waals surface area contributed by atoms with Crippen LogP contribution in [-0.2, 0) is 16.1 Å². The fraction of sp³-hybridized carbons (Fsp3) is 0.517. The maximum atomic E-state index is 12.7. The van der Waals surface area contributed by atoms with Crippen molar-refractivity contribution in [3.8, 4) is 0 Å². The molecule has 2 aromatic heterocycles. The molecule has 2 amide bonds. The van der Waals surface area contributed by atoms with Crippen LogP contribution in [0.1, 0.15) is 62.5 Å². The van der Waals surface area contributed by atoms with Crippen LogP contribution < -0.4 is 10.6 Å². The zero-order chi connectivity index (χ0) is 30.6. The number of nitrogens with two attached hydrogens (primary N) is 1. The Morgan fingerprint density at radius 1 is 1.15 bits per heavy atom. The number of rotatable bonds is 13. The standard InChI is InChI=1S/C23H32N8O3S.C3H8.C3H6/c1-4-9-25-28-31(10-5-2)34-15-7-8-19(32)29-11-13-30(14-12-29)22-18-16-17(6-3)35-23(18)27-21(26-22)20(24)33;2*1-3-2/h4-5,16H,1-2,6-15H2,3H3,(H2,24,33);3H2,1-2H3;3H,1H2,2H3. The number of aryl methyl sites for hydroxylation is 1. The third kappa shape index (κ3) is 12.2. The first-order valence-corrected chi connectivity index (χ1v) is 14.8. The number of primary amides is 1. The Morgan fingerprint density at radius 2 is 1.80 bits per heavy atom. The smallest absolute Gasteiger partial charge is 0.286 e. The van der Waals surface area contributed by atoms with Crippen molar-refractivity contribution in [2.45, 2.75) is 53.4 Å². The quantitative estimate of drug-likeness (QED) is 0.145. The van der Waals surface area contributed by atoms with Crippen LogP contribution in [0, 0.1) is 0 Å². The second kappa shape index (κ2) is 20.3. The molecule has 1 saturated heterocycles. The molecule has 0 aromatic carbocycles. The number of carbonyl (C=O) groups is 2. The summed E-state index contributed by atoms with van der Waals surface area (Å²) in [6, 6.07) is 2.07. The molecule has 0 atom stereocenters. The van der Waals surface area contributed by atoms with E-state index in [-0.39, 0.29) is 11.7 Å². The first-order chi connectivity index (χ1) is 19.8. The molecule has 0 aliphatic carbocycles. The van der Waals surface area contributed by atoms with Gasteiger partial charge in [-0.15, -0.1) is 31.1 Å². The maximum absolute atomic E-state index is 12.7. The molecule has 1 aliphatic rings. The van der Waals surface area contributed by atoms with Gasteiger partial charge in [0.15, 0.2) is 0 Å². The predicted molar refractivity (Wildman–Crippen MR) is 168 cm³/mol. The SMILES string of the molecule is C=CC.C=CCN=NN(CC=C)OCCCC(=O)N1CCN(c2nc(C(N)=O)nc3sc(CC)cc23)CC1.CCC. The van der Waals surface area contributed by atoms with Gasteiger partial charge >= 0.3 is 0 Å². The summed E-state index contributed by atoms with van der Waals surface area (Å²) in [7, 11) is 0. The highest BCUT2D eigenvalue weighted by atomic mass is 32.1. The molecule has 3 heterocycles. The molecule has 0 spiro atoms. The van der Waals surface area contributed by atoms with Gasteiger partial charge in [0.25, 0.3) is 5.91 Å². The fourth-order valence-electron chi connectivity index (χ4n) is 3.59. The summed E-state index contributed by atoms with van der Waals surface area (Å²) in [5, 5.41) is 10.1. The molecule has 0 unspecified atom stereocenters. The van der Waals surface area contributed by atoms with Crippen LogP contribution in [-0.4, -0.2) is 77.7 Å². The monoisotopic (exact) mass is 586 g/mol. The van der Waals surface area contributed by atoms with Gasteiger partial charge in [-0.3, -0.25) is 14.4 Å². The molecular formula is C29H46N8O3S. The number of amides is 2. The van der Waals surface area contributed by atoms with Gasteiger partial charge in [-0.25, -0.2) is 9.97 Å². The maximum Gasteiger partial charge on any atom is 0.286 e. The van der Waals surface area contributed by atoms with E-state index in [4.69, 9.17) is 10.6 Å². The second-order valence-corrected chi connectivity index (χ2v) is 10.1. The highest BCUT2D eigenvalue weighted by molar-refractivity contribution is 7.18. The molecule has 0 radical (unpaired) electrons. The molecule has 11 nitrogen and oxygen atoms in total. The lowest BCUT2D eigenvalue weighted by atomic mass is 10.2. The van der Waals surface area contributed by atoms with E-state index in [1.54, 1.807) is 29.6 Å². The number of fused-ring (bicyclic) bond motifs is 1. The summed E-state index contributed by atoms with van der Waals surface area (Å²) < 4.78 is 0. The first-order valence-electron chi connectivity index (χ1n) is 14.0. The minimum absolute atomic E-state index is 0.0186. The molecule has 0 saturated carbocycles. The molecule has 1 aliphatic heterocycles. The molecule has 41 heavy (non-hydrogen) atoms. The van der Waals surface area contributed by atoms with Gasteiger partial charge in [-0.05, 0) is 31.1 Å². The molecule has 12 heteroatoms. The van der Waals surface area contributed by atoms with E-state index in [0.717, 1.165) is 16.6 Å². The normalized spacial score (nSPS) is 12.7. The second-order valence-electron chi connectivity index (χ2n) is 8.97. The molecule has 3 rings (SSSR count).